The summed E-state index contributed by atoms with van der Waals surface area (Å²) in [5, 5.41) is 27.9. The van der Waals surface area contributed by atoms with Gasteiger partial charge in [0.25, 0.3) is 5.91 Å². The molecular weight excluding hydrogens is 838 g/mol. The predicted molar refractivity (Wildman–Crippen MR) is 274 cm³/mol. The molecule has 356 valence electrons. The van der Waals surface area contributed by atoms with Crippen molar-refractivity contribution in [1.82, 2.24) is 9.88 Å². The Morgan fingerprint density at radius 2 is 1.22 bits per heavy atom. The predicted octanol–water partition coefficient (Wildman–Crippen LogP) is 13.2. The number of hydrogen-bond acceptors (Lipinski definition) is 5. The number of rotatable bonds is 30. The number of nitrogens with one attached hydrogen (secondary N) is 2. The van der Waals surface area contributed by atoms with E-state index in [1.807, 2.05) is 85.2 Å². The third-order valence-corrected chi connectivity index (χ3v) is 11.1. The van der Waals surface area contributed by atoms with Crippen LogP contribution in [0.1, 0.15) is 126 Å². The van der Waals surface area contributed by atoms with Gasteiger partial charge in [0.1, 0.15) is 11.6 Å². The third-order valence-electron chi connectivity index (χ3n) is 11.1. The summed E-state index contributed by atoms with van der Waals surface area (Å²) in [5.74, 6) is -1.01. The van der Waals surface area contributed by atoms with Gasteiger partial charge in [-0.1, -0.05) is 142 Å². The molecule has 0 spiro atoms. The van der Waals surface area contributed by atoms with E-state index in [1.165, 1.54) is 12.1 Å². The molecule has 0 saturated heterocycles. The molecule has 4 rings (SSSR count). The Morgan fingerprint density at radius 3 is 1.79 bits per heavy atom. The Labute approximate surface area is 398 Å². The molecule has 4 N–H and O–H groups in total. The number of allylic oxidation sites excluding steroid dienone is 12. The number of aromatic nitrogens is 1. The Morgan fingerprint density at radius 1 is 0.672 bits per heavy atom. The minimum absolute atomic E-state index is 0.0302. The van der Waals surface area contributed by atoms with Crippen LogP contribution in [-0.2, 0) is 16.1 Å². The molecule has 0 saturated carbocycles. The lowest BCUT2D eigenvalue weighted by molar-refractivity contribution is -0.124. The second kappa shape index (κ2) is 30.9. The molecule has 0 unspecified atom stereocenters. The van der Waals surface area contributed by atoms with E-state index in [9.17, 15) is 29.0 Å². The molecule has 3 aromatic carbocycles. The van der Waals surface area contributed by atoms with E-state index in [2.05, 4.69) is 84.4 Å². The molecule has 1 heterocycles. The van der Waals surface area contributed by atoms with E-state index in [-0.39, 0.29) is 55.1 Å². The van der Waals surface area contributed by atoms with Gasteiger partial charge >= 0.3 is 0 Å². The van der Waals surface area contributed by atoms with Crippen LogP contribution < -0.4 is 10.6 Å². The summed E-state index contributed by atoms with van der Waals surface area (Å²) in [4.78, 5) is 39.5. The summed E-state index contributed by atoms with van der Waals surface area (Å²) in [6.07, 6.45) is 31.5. The summed E-state index contributed by atoms with van der Waals surface area (Å²) in [6, 6.07) is 25.0. The van der Waals surface area contributed by atoms with Crippen LogP contribution >= 0.6 is 0 Å². The lowest BCUT2D eigenvalue weighted by atomic mass is 9.94. The number of nitrogens with zero attached hydrogens (tertiary/aromatic N) is 1. The number of carbonyl (C=O) groups excluding carboxylic acids is 3. The van der Waals surface area contributed by atoms with Gasteiger partial charge in [0.05, 0.1) is 29.9 Å². The van der Waals surface area contributed by atoms with Crippen LogP contribution in [0.5, 0.6) is 0 Å². The van der Waals surface area contributed by atoms with Gasteiger partial charge in [-0.15, -0.1) is 0 Å². The van der Waals surface area contributed by atoms with Gasteiger partial charge in [0.2, 0.25) is 5.91 Å². The molecule has 4 aromatic rings. The van der Waals surface area contributed by atoms with Crippen LogP contribution in [0.15, 0.2) is 158 Å². The molecular formula is C58H72FN3O5. The molecule has 0 radical (unpaired) electrons. The molecule has 67 heavy (non-hydrogen) atoms. The average Bonchev–Trinajstić information content (AvgIpc) is 3.67. The first-order chi connectivity index (χ1) is 32.6. The number of hydrogen-bond donors (Lipinski definition) is 4. The van der Waals surface area contributed by atoms with Crippen LogP contribution in [0.4, 0.5) is 10.1 Å². The van der Waals surface area contributed by atoms with Crippen molar-refractivity contribution in [3.63, 3.8) is 0 Å². The number of Topliss-reactive ketones (excluding diaryl/α,β-unsaturated/α-hetero) is 1. The van der Waals surface area contributed by atoms with Crippen molar-refractivity contribution in [3.8, 4) is 22.4 Å². The summed E-state index contributed by atoms with van der Waals surface area (Å²) in [7, 11) is 0. The van der Waals surface area contributed by atoms with Gasteiger partial charge in [-0.05, 0) is 118 Å². The van der Waals surface area contributed by atoms with E-state index in [0.717, 1.165) is 49.8 Å². The fraction of sp³-hybridized carbons (Fsp3) is 0.362. The van der Waals surface area contributed by atoms with Crippen molar-refractivity contribution in [2.45, 2.75) is 129 Å². The molecule has 2 amide bonds. The maximum absolute atomic E-state index is 14.3. The quantitative estimate of drug-likeness (QED) is 0.0307. The second-order valence-corrected chi connectivity index (χ2v) is 17.0. The van der Waals surface area contributed by atoms with Gasteiger partial charge in [-0.25, -0.2) is 4.39 Å². The maximum atomic E-state index is 14.3. The van der Waals surface area contributed by atoms with Crippen LogP contribution in [0.25, 0.3) is 22.4 Å². The van der Waals surface area contributed by atoms with Gasteiger partial charge in [-0.3, -0.25) is 14.4 Å². The summed E-state index contributed by atoms with van der Waals surface area (Å²) >= 11 is 0. The van der Waals surface area contributed by atoms with E-state index in [1.54, 1.807) is 12.1 Å². The SMILES string of the molecule is CC/C=C\C/C=C\C/C=C\C/C=C\C/C=C\C/C=C\CCC(=O)CCCNC(=O)C[C@H](O)C[C@H](O)CCn1c(-c2ccc(F)cc2)c(-c2ccccc2)c(C(=O)Nc2ccccc2)c1C(C)C. The molecule has 0 aliphatic rings. The van der Waals surface area contributed by atoms with Gasteiger partial charge in [-0.2, -0.15) is 0 Å². The van der Waals surface area contributed by atoms with Crippen LogP contribution in [0, 0.1) is 5.82 Å². The Hall–Kier alpha value is -6.16. The average molecular weight is 910 g/mol. The minimum atomic E-state index is -1.09. The van der Waals surface area contributed by atoms with Crippen molar-refractivity contribution >= 4 is 23.3 Å². The smallest absolute Gasteiger partial charge is 0.258 e. The number of anilines is 1. The first-order valence-corrected chi connectivity index (χ1v) is 24.1. The Kier molecular flexibility index (Phi) is 24.7. The molecule has 0 aliphatic carbocycles. The molecule has 0 bridgehead atoms. The summed E-state index contributed by atoms with van der Waals surface area (Å²) in [6.45, 7) is 6.77. The number of carbonyl (C=O) groups is 3. The van der Waals surface area contributed by atoms with E-state index in [0.29, 0.717) is 60.3 Å². The molecule has 2 atom stereocenters. The molecule has 0 fully saturated rings. The lowest BCUT2D eigenvalue weighted by Gasteiger charge is -2.20. The van der Waals surface area contributed by atoms with Crippen LogP contribution in [0.2, 0.25) is 0 Å². The van der Waals surface area contributed by atoms with E-state index < -0.39 is 12.2 Å². The fourth-order valence-electron chi connectivity index (χ4n) is 7.81. The number of para-hydroxylation sites is 1. The summed E-state index contributed by atoms with van der Waals surface area (Å²) in [5.41, 5.74) is 4.82. The van der Waals surface area contributed by atoms with Crippen molar-refractivity contribution < 1.29 is 29.0 Å². The topological polar surface area (TPSA) is 121 Å². The van der Waals surface area contributed by atoms with Crippen LogP contribution in [0.3, 0.4) is 0 Å². The lowest BCUT2D eigenvalue weighted by Crippen LogP contribution is -2.30. The Balaban J connectivity index is 1.21. The summed E-state index contributed by atoms with van der Waals surface area (Å²) < 4.78 is 16.3. The number of amides is 2. The standard InChI is InChI=1S/C58H72FN3O5/c1-4-5-6-7-8-9-10-11-12-13-14-15-16-17-18-19-20-21-28-34-50(63)35-29-41-60-53(66)44-52(65)43-51(64)40-42-62-56(45(2)3)55(58(67)61-49-32-26-23-27-33-49)54(46-30-24-22-25-31-46)57(62)47-36-38-48(59)39-37-47/h5-6,8-9,11-12,14-15,17-18,20-27,30-33,36-39,45,51-52,64-65H,4,7,10,13,16,19,28-29,34-35,40-44H2,1-3H3,(H,60,66)(H,61,67)/b6-5-,9-8-,12-11-,15-14-,18-17-,21-20-/t51-,52-/m1/s1. The zero-order valence-corrected chi connectivity index (χ0v) is 39.8. The minimum Gasteiger partial charge on any atom is -0.393 e. The molecule has 1 aromatic heterocycles. The van der Waals surface area contributed by atoms with E-state index in [4.69, 9.17) is 0 Å². The zero-order valence-electron chi connectivity index (χ0n) is 39.8. The highest BCUT2D eigenvalue weighted by molar-refractivity contribution is 6.12. The highest BCUT2D eigenvalue weighted by atomic mass is 19.1. The number of benzene rings is 3. The highest BCUT2D eigenvalue weighted by Crippen LogP contribution is 2.42. The zero-order chi connectivity index (χ0) is 48.1. The first kappa shape index (κ1) is 53.5. The molecule has 9 heteroatoms. The number of aliphatic hydroxyl groups excluding tert-OH is 2. The molecule has 0 aliphatic heterocycles. The molecule has 8 nitrogen and oxygen atoms in total. The van der Waals surface area contributed by atoms with Crippen LogP contribution in [-0.4, -0.2) is 51.1 Å². The normalized spacial score (nSPS) is 13.1. The van der Waals surface area contributed by atoms with Crippen molar-refractivity contribution in [2.24, 2.45) is 0 Å². The van der Waals surface area contributed by atoms with Gasteiger partial charge in [0, 0.05) is 42.9 Å². The highest BCUT2D eigenvalue weighted by Gasteiger charge is 2.31. The Bertz CT molecular complexity index is 2270. The van der Waals surface area contributed by atoms with Crippen molar-refractivity contribution in [3.05, 3.63) is 175 Å². The monoisotopic (exact) mass is 910 g/mol. The number of ketones is 1. The third kappa shape index (κ3) is 19.7. The number of aliphatic hydroxyl groups is 2. The van der Waals surface area contributed by atoms with Gasteiger partial charge in [0.15, 0.2) is 0 Å². The maximum Gasteiger partial charge on any atom is 0.258 e. The van der Waals surface area contributed by atoms with E-state index >= 15 is 0 Å². The first-order valence-electron chi connectivity index (χ1n) is 24.1. The van der Waals surface area contributed by atoms with Crippen molar-refractivity contribution in [2.75, 3.05) is 11.9 Å². The van der Waals surface area contributed by atoms with Gasteiger partial charge < -0.3 is 25.4 Å². The fourth-order valence-corrected chi connectivity index (χ4v) is 7.81. The second-order valence-electron chi connectivity index (χ2n) is 17.0. The number of halogens is 1. The largest absolute Gasteiger partial charge is 0.393 e. The van der Waals surface area contributed by atoms with Crippen molar-refractivity contribution in [1.29, 1.82) is 0 Å².